The van der Waals surface area contributed by atoms with Gasteiger partial charge >= 0.3 is 12.1 Å². The van der Waals surface area contributed by atoms with Crippen LogP contribution in [0.15, 0.2) is 187 Å². The third-order valence-electron chi connectivity index (χ3n) is 11.8. The lowest BCUT2D eigenvalue weighted by Gasteiger charge is -2.51. The summed E-state index contributed by atoms with van der Waals surface area (Å²) in [5, 5.41) is 1.92. The zero-order valence-corrected chi connectivity index (χ0v) is 36.3. The Morgan fingerprint density at radius 3 is 1.59 bits per heavy atom. The molecule has 1 aliphatic rings. The van der Waals surface area contributed by atoms with E-state index in [1.54, 1.807) is 6.20 Å². The molecule has 0 spiro atoms. The molecule has 0 radical (unpaired) electrons. The highest BCUT2D eigenvalue weighted by Gasteiger charge is 2.52. The smallest absolute Gasteiger partial charge is 0.406 e. The van der Waals surface area contributed by atoms with Crippen LogP contribution in [-0.4, -0.2) is 54.9 Å². The van der Waals surface area contributed by atoms with E-state index in [-0.39, 0.29) is 29.8 Å². The summed E-state index contributed by atoms with van der Waals surface area (Å²) in [6.45, 7) is 7.48. The molecule has 6 aromatic carbocycles. The van der Waals surface area contributed by atoms with Gasteiger partial charge in [-0.15, -0.1) is 13.2 Å². The van der Waals surface area contributed by atoms with E-state index in [2.05, 4.69) is 96.1 Å². The number of hydrogen-bond donors (Lipinski definition) is 1. The van der Waals surface area contributed by atoms with Gasteiger partial charge in [-0.05, 0) is 49.8 Å². The van der Waals surface area contributed by atoms with Crippen molar-refractivity contribution in [2.45, 2.75) is 50.0 Å². The number of alkyl halides is 3. The number of anilines is 1. The molecule has 0 bridgehead atoms. The van der Waals surface area contributed by atoms with E-state index in [1.165, 1.54) is 28.8 Å². The molecule has 0 amide bonds. The molecular weight excluding hydrogens is 818 g/mol. The summed E-state index contributed by atoms with van der Waals surface area (Å²) in [6, 6.07) is 57.0. The Balaban J connectivity index is 1.29. The highest BCUT2D eigenvalue weighted by Crippen LogP contribution is 2.45. The molecule has 2 atom stereocenters. The summed E-state index contributed by atoms with van der Waals surface area (Å²) < 4.78 is 59.3. The zero-order chi connectivity index (χ0) is 44.2. The molecule has 1 aromatic heterocycles. The second kappa shape index (κ2) is 17.8. The molecule has 8 nitrogen and oxygen atoms in total. The predicted octanol–water partition coefficient (Wildman–Crippen LogP) is 9.16. The van der Waals surface area contributed by atoms with Crippen molar-refractivity contribution >= 4 is 24.5 Å². The number of nitrogens with zero attached hydrogens (tertiary/aromatic N) is 3. The van der Waals surface area contributed by atoms with E-state index in [9.17, 15) is 18.0 Å². The summed E-state index contributed by atoms with van der Waals surface area (Å²) >= 11 is 0. The topological polar surface area (TPSA) is 91.8 Å². The van der Waals surface area contributed by atoms with Crippen molar-refractivity contribution < 1.29 is 27.1 Å². The maximum absolute atomic E-state index is 14.1. The SMILES string of the molecule is CC(C)(C)[Si](OC[C@@H]1CN(C(c2ccccc2)(c2ccccc2)c2ccccc2)C[C@H](n2cc(-c3ccc(OC(F)(F)F)cc3)c(N)nc2=O)O1)(c1ccccc1)c1ccccc1. The predicted molar refractivity (Wildman–Crippen MR) is 243 cm³/mol. The number of hydrogen-bond acceptors (Lipinski definition) is 7. The molecule has 0 unspecified atom stereocenters. The fourth-order valence-corrected chi connectivity index (χ4v) is 13.7. The van der Waals surface area contributed by atoms with Crippen LogP contribution in [0.3, 0.4) is 0 Å². The molecule has 1 saturated heterocycles. The molecule has 12 heteroatoms. The molecule has 63 heavy (non-hydrogen) atoms. The van der Waals surface area contributed by atoms with Gasteiger partial charge in [-0.2, -0.15) is 4.98 Å². The summed E-state index contributed by atoms with van der Waals surface area (Å²) in [4.78, 5) is 20.7. The van der Waals surface area contributed by atoms with Gasteiger partial charge in [0.05, 0.1) is 18.2 Å². The van der Waals surface area contributed by atoms with Crippen LogP contribution >= 0.6 is 0 Å². The maximum atomic E-state index is 14.1. The van der Waals surface area contributed by atoms with Gasteiger partial charge in [-0.1, -0.05) is 185 Å². The van der Waals surface area contributed by atoms with Crippen LogP contribution in [0.25, 0.3) is 11.1 Å². The van der Waals surface area contributed by atoms with Gasteiger partial charge in [-0.25, -0.2) is 4.79 Å². The van der Waals surface area contributed by atoms with Crippen molar-refractivity contribution in [1.82, 2.24) is 14.5 Å². The Kier molecular flexibility index (Phi) is 12.3. The van der Waals surface area contributed by atoms with E-state index < -0.39 is 38.2 Å². The van der Waals surface area contributed by atoms with Gasteiger partial charge in [0.15, 0.2) is 6.23 Å². The molecular formula is C51H49F3N4O4Si. The summed E-state index contributed by atoms with van der Waals surface area (Å²) in [6.07, 6.45) is -4.79. The maximum Gasteiger partial charge on any atom is 0.573 e. The van der Waals surface area contributed by atoms with E-state index in [4.69, 9.17) is 14.9 Å². The number of morpholine rings is 1. The molecule has 0 saturated carbocycles. The molecule has 8 rings (SSSR count). The summed E-state index contributed by atoms with van der Waals surface area (Å²) in [5.74, 6) is -0.465. The minimum atomic E-state index is -4.86. The van der Waals surface area contributed by atoms with E-state index in [0.717, 1.165) is 27.1 Å². The van der Waals surface area contributed by atoms with Crippen LogP contribution in [0.4, 0.5) is 19.0 Å². The van der Waals surface area contributed by atoms with Crippen LogP contribution in [-0.2, 0) is 14.7 Å². The van der Waals surface area contributed by atoms with Gasteiger partial charge in [0.1, 0.15) is 11.6 Å². The van der Waals surface area contributed by atoms with Crippen LogP contribution in [0.5, 0.6) is 5.75 Å². The van der Waals surface area contributed by atoms with Crippen molar-refractivity contribution in [3.05, 3.63) is 209 Å². The van der Waals surface area contributed by atoms with Crippen molar-refractivity contribution in [2.75, 3.05) is 25.4 Å². The van der Waals surface area contributed by atoms with Crippen LogP contribution in [0.1, 0.15) is 43.7 Å². The van der Waals surface area contributed by atoms with E-state index in [1.807, 2.05) is 91.0 Å². The molecule has 322 valence electrons. The Morgan fingerprint density at radius 2 is 1.14 bits per heavy atom. The molecule has 1 aliphatic heterocycles. The van der Waals surface area contributed by atoms with Crippen molar-refractivity contribution in [2.24, 2.45) is 0 Å². The highest BCUT2D eigenvalue weighted by atomic mass is 28.4. The van der Waals surface area contributed by atoms with Gasteiger partial charge in [-0.3, -0.25) is 9.47 Å². The quantitative estimate of drug-likeness (QED) is 0.0968. The number of benzene rings is 6. The minimum absolute atomic E-state index is 0.0767. The monoisotopic (exact) mass is 866 g/mol. The third kappa shape index (κ3) is 8.72. The zero-order valence-electron chi connectivity index (χ0n) is 35.3. The lowest BCUT2D eigenvalue weighted by molar-refractivity contribution is -0.274. The molecule has 2 heterocycles. The number of nitrogens with two attached hydrogens (primary N) is 1. The number of rotatable bonds is 12. The first-order valence-corrected chi connectivity index (χ1v) is 22.8. The standard InChI is InChI=1S/C51H49F3N4O4Si/c1-49(2,3)63(43-25-15-7-16-26-43,44-27-17-8-18-28-44)60-36-42-33-57(50(38-19-9-4-10-20-38,39-21-11-5-12-22-39)40-23-13-6-14-24-40)35-46(61-42)58-34-45(47(55)56-48(58)59)37-29-31-41(32-30-37)62-51(52,53)54/h4-32,34,42,46H,33,35-36H2,1-3H3,(H2,55,56,59)/t42-,46+/m0/s1. The normalized spacial score (nSPS) is 16.4. The highest BCUT2D eigenvalue weighted by molar-refractivity contribution is 6.99. The first-order valence-electron chi connectivity index (χ1n) is 20.9. The largest absolute Gasteiger partial charge is 0.573 e. The van der Waals surface area contributed by atoms with Crippen molar-refractivity contribution in [3.8, 4) is 16.9 Å². The molecule has 0 aliphatic carbocycles. The summed E-state index contributed by atoms with van der Waals surface area (Å²) in [5.41, 5.74) is 8.68. The first kappa shape index (κ1) is 43.3. The molecule has 1 fully saturated rings. The molecule has 7 aromatic rings. The Labute approximate surface area is 366 Å². The summed E-state index contributed by atoms with van der Waals surface area (Å²) in [7, 11) is -3.06. The first-order chi connectivity index (χ1) is 30.3. The minimum Gasteiger partial charge on any atom is -0.406 e. The third-order valence-corrected chi connectivity index (χ3v) is 16.8. The number of aromatic nitrogens is 2. The van der Waals surface area contributed by atoms with E-state index >= 15 is 0 Å². The fourth-order valence-electron chi connectivity index (χ4n) is 9.15. The van der Waals surface area contributed by atoms with Crippen LogP contribution < -0.4 is 26.5 Å². The van der Waals surface area contributed by atoms with Gasteiger partial charge < -0.3 is 19.6 Å². The van der Waals surface area contributed by atoms with Crippen LogP contribution in [0.2, 0.25) is 5.04 Å². The second-order valence-corrected chi connectivity index (χ2v) is 21.0. The second-order valence-electron chi connectivity index (χ2n) is 16.7. The van der Waals surface area contributed by atoms with Crippen molar-refractivity contribution in [3.63, 3.8) is 0 Å². The van der Waals surface area contributed by atoms with Gasteiger partial charge in [0, 0.05) is 24.8 Å². The van der Waals surface area contributed by atoms with Gasteiger partial charge in [0.2, 0.25) is 0 Å². The van der Waals surface area contributed by atoms with Gasteiger partial charge in [0.25, 0.3) is 8.32 Å². The average Bonchev–Trinajstić information content (AvgIpc) is 3.28. The molecule has 2 N–H and O–H groups in total. The van der Waals surface area contributed by atoms with E-state index in [0.29, 0.717) is 17.7 Å². The number of halogens is 3. The number of ether oxygens (including phenoxy) is 2. The van der Waals surface area contributed by atoms with Crippen LogP contribution in [0, 0.1) is 0 Å². The Bertz CT molecular complexity index is 2510. The lowest BCUT2D eigenvalue weighted by Crippen LogP contribution is -2.67. The lowest BCUT2D eigenvalue weighted by atomic mass is 9.75. The fraction of sp³-hybridized carbons (Fsp3) is 0.216. The Morgan fingerprint density at radius 1 is 0.683 bits per heavy atom. The average molecular weight is 867 g/mol. The number of nitrogen functional groups attached to an aromatic ring is 1. The Hall–Kier alpha value is -6.31. The van der Waals surface area contributed by atoms with Crippen molar-refractivity contribution in [1.29, 1.82) is 0 Å².